The molecule has 0 aliphatic heterocycles. The summed E-state index contributed by atoms with van der Waals surface area (Å²) in [6.45, 7) is -0.160. The van der Waals surface area contributed by atoms with Crippen LogP contribution in [0.2, 0.25) is 0 Å². The van der Waals surface area contributed by atoms with Crippen LogP contribution in [0.15, 0.2) is 18.7 Å². The lowest BCUT2D eigenvalue weighted by atomic mass is 10.3. The highest BCUT2D eigenvalue weighted by Crippen LogP contribution is 2.21. The Labute approximate surface area is 111 Å². The number of imidazole rings is 1. The molecule has 2 N–H and O–H groups in total. The van der Waals surface area contributed by atoms with Gasteiger partial charge >= 0.3 is 12.2 Å². The van der Waals surface area contributed by atoms with Gasteiger partial charge in [-0.15, -0.1) is 0 Å². The van der Waals surface area contributed by atoms with E-state index in [1.807, 2.05) is 0 Å². The Balaban J connectivity index is 1.98. The van der Waals surface area contributed by atoms with Gasteiger partial charge in [0, 0.05) is 18.8 Å². The number of hydrogen-bond acceptors (Lipinski definition) is 6. The molecule has 2 aromatic heterocycles. The number of halogens is 3. The fraction of sp³-hybridized carbons (Fsp3) is 0.400. The Kier molecular flexibility index (Phi) is 4.01. The maximum Gasteiger partial charge on any atom is 0.389 e. The molecule has 0 aliphatic carbocycles. The van der Waals surface area contributed by atoms with Crippen LogP contribution in [0.3, 0.4) is 0 Å². The van der Waals surface area contributed by atoms with Crippen LogP contribution in [0.5, 0.6) is 6.01 Å². The van der Waals surface area contributed by atoms with Crippen LogP contribution >= 0.6 is 0 Å². The van der Waals surface area contributed by atoms with Gasteiger partial charge in [0.05, 0.1) is 6.61 Å². The molecule has 0 radical (unpaired) electrons. The Morgan fingerprint density at radius 3 is 2.70 bits per heavy atom. The fourth-order valence-electron chi connectivity index (χ4n) is 1.35. The summed E-state index contributed by atoms with van der Waals surface area (Å²) in [7, 11) is 0. The van der Waals surface area contributed by atoms with E-state index in [1.54, 1.807) is 6.20 Å². The summed E-state index contributed by atoms with van der Waals surface area (Å²) in [5, 5.41) is 0. The molecular weight excluding hydrogens is 277 g/mol. The van der Waals surface area contributed by atoms with Crippen molar-refractivity contribution in [2.24, 2.45) is 0 Å². The molecule has 0 fully saturated rings. The highest BCUT2D eigenvalue weighted by Gasteiger charge is 2.26. The first kappa shape index (κ1) is 14.0. The van der Waals surface area contributed by atoms with Crippen molar-refractivity contribution in [3.63, 3.8) is 0 Å². The minimum absolute atomic E-state index is 0.0884. The van der Waals surface area contributed by atoms with Gasteiger partial charge < -0.3 is 10.5 Å². The maximum atomic E-state index is 12.0. The van der Waals surface area contributed by atoms with Gasteiger partial charge in [0.1, 0.15) is 6.33 Å². The van der Waals surface area contributed by atoms with Gasteiger partial charge in [0.25, 0.3) is 0 Å². The molecule has 7 nitrogen and oxygen atoms in total. The minimum Gasteiger partial charge on any atom is -0.463 e. The Hall–Kier alpha value is -2.39. The van der Waals surface area contributed by atoms with Crippen LogP contribution < -0.4 is 10.5 Å². The molecule has 0 saturated carbocycles. The second-order valence-electron chi connectivity index (χ2n) is 3.81. The number of ether oxygens (including phenoxy) is 1. The first-order valence-electron chi connectivity index (χ1n) is 5.63. The number of hydrogen-bond donors (Lipinski definition) is 1. The quantitative estimate of drug-likeness (QED) is 0.835. The molecule has 0 saturated heterocycles. The highest BCUT2D eigenvalue weighted by atomic mass is 19.4. The number of alkyl halides is 3. The van der Waals surface area contributed by atoms with Crippen molar-refractivity contribution < 1.29 is 17.9 Å². The summed E-state index contributed by atoms with van der Waals surface area (Å²) < 4.78 is 42.4. The first-order valence-corrected chi connectivity index (χ1v) is 5.63. The summed E-state index contributed by atoms with van der Waals surface area (Å²) in [5.41, 5.74) is 5.48. The van der Waals surface area contributed by atoms with Crippen LogP contribution in [0, 0.1) is 0 Å². The van der Waals surface area contributed by atoms with Gasteiger partial charge in [-0.05, 0) is 6.42 Å². The monoisotopic (exact) mass is 288 g/mol. The molecule has 0 amide bonds. The van der Waals surface area contributed by atoms with Crippen molar-refractivity contribution in [1.82, 2.24) is 24.5 Å². The molecule has 2 rings (SSSR count). The fourth-order valence-corrected chi connectivity index (χ4v) is 1.35. The molecule has 108 valence electrons. The number of nitrogens with two attached hydrogens (primary N) is 1. The summed E-state index contributed by atoms with van der Waals surface area (Å²) in [4.78, 5) is 15.3. The van der Waals surface area contributed by atoms with E-state index >= 15 is 0 Å². The average Bonchev–Trinajstić information content (AvgIpc) is 2.86. The topological polar surface area (TPSA) is 91.7 Å². The van der Waals surface area contributed by atoms with E-state index in [-0.39, 0.29) is 30.9 Å². The zero-order valence-electron chi connectivity index (χ0n) is 10.2. The van der Waals surface area contributed by atoms with Crippen LogP contribution in [0.25, 0.3) is 5.95 Å². The first-order chi connectivity index (χ1) is 9.44. The van der Waals surface area contributed by atoms with Crippen LogP contribution in [0.1, 0.15) is 12.8 Å². The van der Waals surface area contributed by atoms with Crippen molar-refractivity contribution in [3.8, 4) is 12.0 Å². The van der Waals surface area contributed by atoms with E-state index in [1.165, 1.54) is 17.1 Å². The Morgan fingerprint density at radius 2 is 2.05 bits per heavy atom. The third-order valence-corrected chi connectivity index (χ3v) is 2.19. The summed E-state index contributed by atoms with van der Waals surface area (Å²) >= 11 is 0. The van der Waals surface area contributed by atoms with E-state index in [9.17, 15) is 13.2 Å². The lowest BCUT2D eigenvalue weighted by Crippen LogP contribution is -2.12. The molecular formula is C10H11F3N6O. The van der Waals surface area contributed by atoms with E-state index in [0.29, 0.717) is 0 Å². The standard InChI is InChI=1S/C10H11F3N6O/c11-10(12,13)2-1-5-20-9-17-7(14)16-8(18-9)19-4-3-15-6-19/h3-4,6H,1-2,5H2,(H2,14,16,17,18). The zero-order chi connectivity index (χ0) is 14.6. The lowest BCUT2D eigenvalue weighted by molar-refractivity contribution is -0.136. The maximum absolute atomic E-state index is 12.0. The van der Waals surface area contributed by atoms with Crippen LogP contribution in [-0.2, 0) is 0 Å². The average molecular weight is 288 g/mol. The Bertz CT molecular complexity index is 557. The van der Waals surface area contributed by atoms with Crippen molar-refractivity contribution in [3.05, 3.63) is 18.7 Å². The number of aromatic nitrogens is 5. The molecule has 2 aromatic rings. The number of nitrogens with zero attached hydrogens (tertiary/aromatic N) is 5. The van der Waals surface area contributed by atoms with Crippen molar-refractivity contribution >= 4 is 5.95 Å². The van der Waals surface area contributed by atoms with Gasteiger partial charge in [0.15, 0.2) is 0 Å². The Morgan fingerprint density at radius 1 is 1.25 bits per heavy atom. The SMILES string of the molecule is Nc1nc(OCCCC(F)(F)F)nc(-n2ccnc2)n1. The third kappa shape index (κ3) is 4.07. The normalized spacial score (nSPS) is 11.6. The van der Waals surface area contributed by atoms with Crippen LogP contribution in [-0.4, -0.2) is 37.3 Å². The molecule has 0 aliphatic rings. The van der Waals surface area contributed by atoms with Crippen molar-refractivity contribution in [2.45, 2.75) is 19.0 Å². The molecule has 20 heavy (non-hydrogen) atoms. The molecule has 0 aromatic carbocycles. The summed E-state index contributed by atoms with van der Waals surface area (Å²) in [5.74, 6) is 0.0929. The zero-order valence-corrected chi connectivity index (χ0v) is 10.2. The van der Waals surface area contributed by atoms with E-state index in [2.05, 4.69) is 19.9 Å². The van der Waals surface area contributed by atoms with Gasteiger partial charge in [-0.1, -0.05) is 0 Å². The minimum atomic E-state index is -4.20. The predicted molar refractivity (Wildman–Crippen MR) is 62.1 cm³/mol. The van der Waals surface area contributed by atoms with Gasteiger partial charge in [0.2, 0.25) is 11.9 Å². The second-order valence-corrected chi connectivity index (χ2v) is 3.81. The van der Waals surface area contributed by atoms with Gasteiger partial charge in [-0.3, -0.25) is 4.57 Å². The molecule has 2 heterocycles. The number of nitrogen functional groups attached to an aromatic ring is 1. The lowest BCUT2D eigenvalue weighted by Gasteiger charge is -2.08. The molecule has 0 bridgehead atoms. The molecule has 0 spiro atoms. The summed E-state index contributed by atoms with van der Waals surface area (Å²) in [6.07, 6.45) is -0.769. The third-order valence-electron chi connectivity index (χ3n) is 2.19. The number of rotatable bonds is 5. The predicted octanol–water partition coefficient (Wildman–Crippen LogP) is 1.36. The number of anilines is 1. The van der Waals surface area contributed by atoms with Gasteiger partial charge in [-0.2, -0.15) is 28.1 Å². The second kappa shape index (κ2) is 5.72. The molecule has 10 heteroatoms. The van der Waals surface area contributed by atoms with E-state index in [4.69, 9.17) is 10.5 Å². The van der Waals surface area contributed by atoms with Crippen molar-refractivity contribution in [2.75, 3.05) is 12.3 Å². The molecule has 0 unspecified atom stereocenters. The van der Waals surface area contributed by atoms with Gasteiger partial charge in [-0.25, -0.2) is 4.98 Å². The molecule has 0 atom stereocenters. The summed E-state index contributed by atoms with van der Waals surface area (Å²) in [6, 6.07) is -0.122. The highest BCUT2D eigenvalue weighted by molar-refractivity contribution is 5.24. The van der Waals surface area contributed by atoms with Crippen molar-refractivity contribution in [1.29, 1.82) is 0 Å². The largest absolute Gasteiger partial charge is 0.463 e. The van der Waals surface area contributed by atoms with Crippen LogP contribution in [0.4, 0.5) is 19.1 Å². The van der Waals surface area contributed by atoms with E-state index in [0.717, 1.165) is 0 Å². The smallest absolute Gasteiger partial charge is 0.389 e. The van der Waals surface area contributed by atoms with E-state index < -0.39 is 12.6 Å².